The molecule has 0 spiro atoms. The molecule has 0 aliphatic carbocycles. The summed E-state index contributed by atoms with van der Waals surface area (Å²) >= 11 is 10.1. The van der Waals surface area contributed by atoms with Crippen LogP contribution in [0.5, 0.6) is 0 Å². The Labute approximate surface area is 433 Å². The highest BCUT2D eigenvalue weighted by atomic mass is 79.9. The van der Waals surface area contributed by atoms with Crippen LogP contribution in [-0.2, 0) is 49.4 Å². The van der Waals surface area contributed by atoms with E-state index in [2.05, 4.69) is 87.6 Å². The van der Waals surface area contributed by atoms with Crippen LogP contribution in [0, 0.1) is 0 Å². The van der Waals surface area contributed by atoms with E-state index in [0.717, 1.165) is 66.0 Å². The average Bonchev–Trinajstić information content (AvgIpc) is 3.58. The minimum atomic E-state index is -0.752. The van der Waals surface area contributed by atoms with Crippen LogP contribution in [0.1, 0.15) is 96.3 Å². The van der Waals surface area contributed by atoms with E-state index in [0.29, 0.717) is 25.7 Å². The molecule has 6 aromatic rings. The zero-order valence-corrected chi connectivity index (χ0v) is 44.9. The Morgan fingerprint density at radius 2 is 0.826 bits per heavy atom. The second-order valence-electron chi connectivity index (χ2n) is 17.3. The number of benzene rings is 6. The topological polar surface area (TPSA) is 119 Å². The molecule has 0 saturated carbocycles. The van der Waals surface area contributed by atoms with Gasteiger partial charge in [-0.05, 0) is 117 Å². The average molecular weight is 1130 g/mol. The van der Waals surface area contributed by atoms with Crippen LogP contribution < -0.4 is 5.46 Å². The van der Waals surface area contributed by atoms with E-state index in [1.807, 2.05) is 146 Å². The highest BCUT2D eigenvalue weighted by Crippen LogP contribution is 2.36. The SMILES string of the molecule is CC1(C)OB(c2ccc(CCC(=O)c3ccccc3)cc2)OC1(C)C.CON(C)C(=O)CCc1ccc(Br)cc1.O=C(CCc1ccc(Br)cc1)c1ccccc1.O=C(O)CCc1ccc(Br)cc1. The number of carboxylic acid groups (broad SMARTS) is 1. The molecule has 69 heavy (non-hydrogen) atoms. The molecule has 1 heterocycles. The summed E-state index contributed by atoms with van der Waals surface area (Å²) in [6.07, 6.45) is 4.60. The van der Waals surface area contributed by atoms with Crippen LogP contribution in [0.2, 0.25) is 0 Å². The van der Waals surface area contributed by atoms with Gasteiger partial charge in [0.05, 0.1) is 18.3 Å². The number of rotatable bonds is 16. The van der Waals surface area contributed by atoms with Crippen molar-refractivity contribution in [3.63, 3.8) is 0 Å². The van der Waals surface area contributed by atoms with Gasteiger partial charge in [-0.1, -0.05) is 169 Å². The number of hydrogen-bond acceptors (Lipinski definition) is 7. The standard InChI is InChI=1S/C21H25BO3.C15H13BrO.C11H14BrNO2.C9H9BrO2/c1-20(2)21(3,4)25-22(24-20)18-13-10-16(11-14-18)12-15-19(23)17-8-6-5-7-9-17;16-14-9-6-12(7-10-14)8-11-15(17)13-4-2-1-3-5-13;1-13(15-2)11(14)8-5-9-3-6-10(12)7-4-9;10-8-4-1-7(2-5-8)3-6-9(11)12/h5-11,13-14H,12,15H2,1-4H3;1-7,9-10H,8,11H2;3-4,6-7H,5,8H2,1-2H3;1-2,4-5H,3,6H2,(H,11,12). The number of aryl methyl sites for hydroxylation is 4. The van der Waals surface area contributed by atoms with Gasteiger partial charge in [0.2, 0.25) is 5.91 Å². The fourth-order valence-electron chi connectivity index (χ4n) is 6.59. The van der Waals surface area contributed by atoms with Crippen molar-refractivity contribution < 1.29 is 38.4 Å². The van der Waals surface area contributed by atoms with Crippen LogP contribution in [-0.4, -0.2) is 66.1 Å². The first kappa shape index (κ1) is 56.6. The van der Waals surface area contributed by atoms with Gasteiger partial charge in [0, 0.05) is 57.3 Å². The third-order valence-electron chi connectivity index (χ3n) is 11.6. The molecule has 1 fully saturated rings. The third-order valence-corrected chi connectivity index (χ3v) is 13.2. The third kappa shape index (κ3) is 20.1. The van der Waals surface area contributed by atoms with Gasteiger partial charge in [0.25, 0.3) is 0 Å². The molecule has 13 heteroatoms. The van der Waals surface area contributed by atoms with E-state index >= 15 is 0 Å². The van der Waals surface area contributed by atoms with Crippen molar-refractivity contribution in [2.45, 2.75) is 90.3 Å². The minimum absolute atomic E-state index is 0.0135. The van der Waals surface area contributed by atoms with Gasteiger partial charge in [-0.25, -0.2) is 5.06 Å². The summed E-state index contributed by atoms with van der Waals surface area (Å²) in [7, 11) is 2.76. The Bertz CT molecular complexity index is 2490. The van der Waals surface area contributed by atoms with Gasteiger partial charge in [0.15, 0.2) is 11.6 Å². The molecule has 362 valence electrons. The van der Waals surface area contributed by atoms with Gasteiger partial charge in [-0.15, -0.1) is 0 Å². The van der Waals surface area contributed by atoms with Crippen molar-refractivity contribution in [3.05, 3.63) is 205 Å². The number of carbonyl (C=O) groups is 4. The Kier molecular flexibility index (Phi) is 23.4. The maximum absolute atomic E-state index is 12.2. The highest BCUT2D eigenvalue weighted by Gasteiger charge is 2.51. The first-order valence-corrected chi connectivity index (χ1v) is 25.1. The monoisotopic (exact) mass is 1120 g/mol. The zero-order chi connectivity index (χ0) is 50.4. The van der Waals surface area contributed by atoms with Crippen LogP contribution in [0.3, 0.4) is 0 Å². The maximum atomic E-state index is 12.2. The molecular weight excluding hydrogens is 1070 g/mol. The van der Waals surface area contributed by atoms with Crippen molar-refractivity contribution in [1.82, 2.24) is 5.06 Å². The molecule has 7 rings (SSSR count). The second kappa shape index (κ2) is 28.6. The van der Waals surface area contributed by atoms with Crippen molar-refractivity contribution in [3.8, 4) is 0 Å². The number of hydroxylamine groups is 2. The number of halogens is 3. The molecule has 0 radical (unpaired) electrons. The molecule has 1 saturated heterocycles. The molecule has 0 atom stereocenters. The summed E-state index contributed by atoms with van der Waals surface area (Å²) in [5.74, 6) is -0.387. The lowest BCUT2D eigenvalue weighted by molar-refractivity contribution is -0.168. The van der Waals surface area contributed by atoms with Crippen LogP contribution in [0.25, 0.3) is 0 Å². The molecule has 1 amide bonds. The van der Waals surface area contributed by atoms with Gasteiger partial charge < -0.3 is 14.4 Å². The smallest absolute Gasteiger partial charge is 0.481 e. The lowest BCUT2D eigenvalue weighted by atomic mass is 9.78. The molecule has 0 aromatic heterocycles. The first-order chi connectivity index (χ1) is 32.8. The molecule has 0 unspecified atom stereocenters. The van der Waals surface area contributed by atoms with E-state index in [1.54, 1.807) is 7.05 Å². The van der Waals surface area contributed by atoms with E-state index < -0.39 is 5.97 Å². The number of nitrogens with zero attached hydrogens (tertiary/aromatic N) is 1. The first-order valence-electron chi connectivity index (χ1n) is 22.7. The van der Waals surface area contributed by atoms with Crippen LogP contribution in [0.4, 0.5) is 0 Å². The van der Waals surface area contributed by atoms with E-state index in [4.69, 9.17) is 19.3 Å². The van der Waals surface area contributed by atoms with Gasteiger partial charge in [-0.3, -0.25) is 24.0 Å². The summed E-state index contributed by atoms with van der Waals surface area (Å²) in [5.41, 5.74) is 6.45. The number of Topliss-reactive ketones (excluding diaryl/α,β-unsaturated/α-hetero) is 2. The Balaban J connectivity index is 0.000000209. The van der Waals surface area contributed by atoms with E-state index in [9.17, 15) is 19.2 Å². The molecule has 9 nitrogen and oxygen atoms in total. The van der Waals surface area contributed by atoms with Crippen molar-refractivity contribution >= 4 is 83.8 Å². The summed E-state index contributed by atoms with van der Waals surface area (Å²) in [6, 6.07) is 50.8. The highest BCUT2D eigenvalue weighted by molar-refractivity contribution is 9.11. The van der Waals surface area contributed by atoms with Crippen LogP contribution in [0.15, 0.2) is 171 Å². The molecule has 1 aliphatic rings. The van der Waals surface area contributed by atoms with Gasteiger partial charge in [-0.2, -0.15) is 0 Å². The summed E-state index contributed by atoms with van der Waals surface area (Å²) in [4.78, 5) is 50.5. The van der Waals surface area contributed by atoms with Gasteiger partial charge >= 0.3 is 13.1 Å². The normalized spacial score (nSPS) is 13.0. The maximum Gasteiger partial charge on any atom is 0.494 e. The molecule has 1 N–H and O–H groups in total. The molecule has 6 aromatic carbocycles. The largest absolute Gasteiger partial charge is 0.494 e. The predicted molar refractivity (Wildman–Crippen MR) is 287 cm³/mol. The molecule has 0 bridgehead atoms. The lowest BCUT2D eigenvalue weighted by Crippen LogP contribution is -2.41. The van der Waals surface area contributed by atoms with Crippen molar-refractivity contribution in [2.75, 3.05) is 14.2 Å². The van der Waals surface area contributed by atoms with E-state index in [-0.39, 0.29) is 42.2 Å². The summed E-state index contributed by atoms with van der Waals surface area (Å²) < 4.78 is 15.3. The summed E-state index contributed by atoms with van der Waals surface area (Å²) in [6.45, 7) is 8.21. The number of carbonyl (C=O) groups excluding carboxylic acids is 3. The quantitative estimate of drug-likeness (QED) is 0.0578. The number of hydrogen-bond donors (Lipinski definition) is 1. The Morgan fingerprint density at radius 3 is 1.16 bits per heavy atom. The van der Waals surface area contributed by atoms with Gasteiger partial charge in [0.1, 0.15) is 0 Å². The van der Waals surface area contributed by atoms with E-state index in [1.165, 1.54) is 17.7 Å². The van der Waals surface area contributed by atoms with Crippen molar-refractivity contribution in [1.29, 1.82) is 0 Å². The number of aliphatic carboxylic acids is 1. The summed E-state index contributed by atoms with van der Waals surface area (Å²) in [5, 5.41) is 9.67. The lowest BCUT2D eigenvalue weighted by Gasteiger charge is -2.32. The Morgan fingerprint density at radius 1 is 0.507 bits per heavy atom. The Hall–Kier alpha value is -5.02. The van der Waals surface area contributed by atoms with Crippen LogP contribution >= 0.6 is 47.8 Å². The van der Waals surface area contributed by atoms with Crippen molar-refractivity contribution in [2.24, 2.45) is 0 Å². The fourth-order valence-corrected chi connectivity index (χ4v) is 7.38. The molecular formula is C56H61BBr3NO8. The minimum Gasteiger partial charge on any atom is -0.481 e. The fraction of sp³-hybridized carbons (Fsp3) is 0.286. The number of ketones is 2. The predicted octanol–water partition coefficient (Wildman–Crippen LogP) is 12.9. The number of carboxylic acids is 1. The second-order valence-corrected chi connectivity index (χ2v) is 20.0. The molecule has 1 aliphatic heterocycles. The zero-order valence-electron chi connectivity index (χ0n) is 40.1. The number of amides is 1.